The normalized spacial score (nSPS) is 14.6. The molecule has 1 aliphatic rings. The van der Waals surface area contributed by atoms with Crippen LogP contribution in [0, 0.1) is 5.92 Å². The molecule has 1 saturated carbocycles. The zero-order valence-corrected chi connectivity index (χ0v) is 12.3. The molecule has 0 radical (unpaired) electrons. The van der Waals surface area contributed by atoms with E-state index in [9.17, 15) is 4.79 Å². The van der Waals surface area contributed by atoms with Gasteiger partial charge in [-0.2, -0.15) is 0 Å². The number of rotatable bonds is 8. The van der Waals surface area contributed by atoms with Crippen molar-refractivity contribution in [3.05, 3.63) is 35.4 Å². The number of carbonyl (C=O) groups excluding carboxylic acids is 1. The first-order chi connectivity index (χ1) is 9.70. The minimum absolute atomic E-state index is 0.279. The summed E-state index contributed by atoms with van der Waals surface area (Å²) in [6.07, 6.45) is 2.64. The second-order valence-electron chi connectivity index (χ2n) is 5.40. The Morgan fingerprint density at radius 2 is 2.10 bits per heavy atom. The molecular formula is C16H23NO3. The van der Waals surface area contributed by atoms with Crippen LogP contribution in [0.25, 0.3) is 0 Å². The van der Waals surface area contributed by atoms with Crippen molar-refractivity contribution in [1.29, 1.82) is 0 Å². The Morgan fingerprint density at radius 3 is 2.80 bits per heavy atom. The average Bonchev–Trinajstić information content (AvgIpc) is 3.27. The first-order valence-corrected chi connectivity index (χ1v) is 7.13. The lowest BCUT2D eigenvalue weighted by Crippen LogP contribution is -2.24. The van der Waals surface area contributed by atoms with Gasteiger partial charge in [0.15, 0.2) is 0 Å². The fourth-order valence-electron chi connectivity index (χ4n) is 2.09. The van der Waals surface area contributed by atoms with Gasteiger partial charge in [0.2, 0.25) is 0 Å². The molecule has 0 atom stereocenters. The second kappa shape index (κ2) is 7.41. The van der Waals surface area contributed by atoms with Gasteiger partial charge in [-0.1, -0.05) is 18.2 Å². The van der Waals surface area contributed by atoms with Crippen molar-refractivity contribution in [2.24, 2.45) is 5.92 Å². The third-order valence-corrected chi connectivity index (χ3v) is 3.53. The van der Waals surface area contributed by atoms with Crippen LogP contribution in [0.3, 0.4) is 0 Å². The molecule has 4 heteroatoms. The van der Waals surface area contributed by atoms with Gasteiger partial charge in [0.05, 0.1) is 19.3 Å². The van der Waals surface area contributed by atoms with E-state index in [-0.39, 0.29) is 5.97 Å². The molecule has 0 aromatic heterocycles. The molecule has 2 rings (SSSR count). The number of methoxy groups -OCH3 is 1. The summed E-state index contributed by atoms with van der Waals surface area (Å²) < 4.78 is 10.4. The molecule has 0 unspecified atom stereocenters. The smallest absolute Gasteiger partial charge is 0.338 e. The minimum Gasteiger partial charge on any atom is -0.465 e. The zero-order valence-electron chi connectivity index (χ0n) is 12.3. The molecule has 110 valence electrons. The molecule has 4 nitrogen and oxygen atoms in total. The topological polar surface area (TPSA) is 38.8 Å². The second-order valence-corrected chi connectivity index (χ2v) is 5.40. The molecule has 1 aliphatic carbocycles. The van der Waals surface area contributed by atoms with Gasteiger partial charge in [-0.15, -0.1) is 0 Å². The van der Waals surface area contributed by atoms with Crippen molar-refractivity contribution in [3.63, 3.8) is 0 Å². The summed E-state index contributed by atoms with van der Waals surface area (Å²) in [5.74, 6) is 0.527. The lowest BCUT2D eigenvalue weighted by Gasteiger charge is -2.18. The summed E-state index contributed by atoms with van der Waals surface area (Å²) >= 11 is 0. The fourth-order valence-corrected chi connectivity index (χ4v) is 2.09. The van der Waals surface area contributed by atoms with Crippen molar-refractivity contribution in [3.8, 4) is 0 Å². The van der Waals surface area contributed by atoms with E-state index in [0.717, 1.165) is 37.8 Å². The highest BCUT2D eigenvalue weighted by atomic mass is 16.5. The maximum absolute atomic E-state index is 11.7. The number of likely N-dealkylation sites (N-methyl/N-ethyl adjacent to an activating group) is 1. The molecule has 0 amide bonds. The molecular weight excluding hydrogens is 254 g/mol. The van der Waals surface area contributed by atoms with Crippen LogP contribution < -0.4 is 0 Å². The van der Waals surface area contributed by atoms with E-state index >= 15 is 0 Å². The summed E-state index contributed by atoms with van der Waals surface area (Å²) in [6.45, 7) is 3.22. The third kappa shape index (κ3) is 4.62. The van der Waals surface area contributed by atoms with Crippen molar-refractivity contribution >= 4 is 5.97 Å². The summed E-state index contributed by atoms with van der Waals surface area (Å²) in [7, 11) is 3.45. The molecule has 0 spiro atoms. The van der Waals surface area contributed by atoms with E-state index in [1.54, 1.807) is 6.07 Å². The van der Waals surface area contributed by atoms with E-state index in [2.05, 4.69) is 4.90 Å². The Hall–Kier alpha value is -1.39. The van der Waals surface area contributed by atoms with Crippen LogP contribution in [-0.4, -0.2) is 44.8 Å². The lowest BCUT2D eigenvalue weighted by molar-refractivity contribution is 0.0598. The van der Waals surface area contributed by atoms with Crippen molar-refractivity contribution in [2.75, 3.05) is 33.9 Å². The Morgan fingerprint density at radius 1 is 1.35 bits per heavy atom. The monoisotopic (exact) mass is 277 g/mol. The summed E-state index contributed by atoms with van der Waals surface area (Å²) in [4.78, 5) is 13.9. The molecule has 0 bridgehead atoms. The zero-order chi connectivity index (χ0) is 14.4. The van der Waals surface area contributed by atoms with Gasteiger partial charge < -0.3 is 9.47 Å². The van der Waals surface area contributed by atoms with Gasteiger partial charge >= 0.3 is 5.97 Å². The molecule has 1 aromatic carbocycles. The van der Waals surface area contributed by atoms with E-state index in [1.807, 2.05) is 25.2 Å². The van der Waals surface area contributed by atoms with Crippen LogP contribution in [0.15, 0.2) is 24.3 Å². The van der Waals surface area contributed by atoms with Gasteiger partial charge in [-0.3, -0.25) is 4.90 Å². The Labute approximate surface area is 120 Å². The van der Waals surface area contributed by atoms with Crippen LogP contribution in [0.2, 0.25) is 0 Å². The van der Waals surface area contributed by atoms with Gasteiger partial charge in [0.1, 0.15) is 0 Å². The van der Waals surface area contributed by atoms with Crippen LogP contribution in [-0.2, 0) is 16.0 Å². The van der Waals surface area contributed by atoms with Gasteiger partial charge in [0, 0.05) is 19.7 Å². The third-order valence-electron chi connectivity index (χ3n) is 3.53. The number of ether oxygens (including phenoxy) is 2. The van der Waals surface area contributed by atoms with Gasteiger partial charge in [-0.05, 0) is 37.4 Å². The number of esters is 1. The predicted octanol–water partition coefficient (Wildman–Crippen LogP) is 2.33. The predicted molar refractivity (Wildman–Crippen MR) is 77.7 cm³/mol. The number of carbonyl (C=O) groups is 1. The van der Waals surface area contributed by atoms with E-state index in [4.69, 9.17) is 9.47 Å². The average molecular weight is 277 g/mol. The molecule has 20 heavy (non-hydrogen) atoms. The van der Waals surface area contributed by atoms with Crippen molar-refractivity contribution < 1.29 is 14.3 Å². The quantitative estimate of drug-likeness (QED) is 0.540. The Bertz CT molecular complexity index is 443. The first-order valence-electron chi connectivity index (χ1n) is 7.13. The maximum Gasteiger partial charge on any atom is 0.338 e. The van der Waals surface area contributed by atoms with Crippen LogP contribution in [0.1, 0.15) is 28.8 Å². The van der Waals surface area contributed by atoms with Crippen LogP contribution in [0.4, 0.5) is 0 Å². The highest BCUT2D eigenvalue weighted by Gasteiger charge is 2.21. The standard InChI is InChI=1S/C16H23NO3/c1-17(9-10-20-12-13-7-8-13)11-14-5-3-4-6-15(14)16(18)19-2/h3-6,13H,7-12H2,1-2H3. The Kier molecular flexibility index (Phi) is 5.56. The largest absolute Gasteiger partial charge is 0.465 e. The van der Waals surface area contributed by atoms with Gasteiger partial charge in [-0.25, -0.2) is 4.79 Å². The number of benzene rings is 1. The highest BCUT2D eigenvalue weighted by molar-refractivity contribution is 5.90. The molecule has 0 N–H and O–H groups in total. The molecule has 0 heterocycles. The molecule has 0 aliphatic heterocycles. The maximum atomic E-state index is 11.7. The number of hydrogen-bond acceptors (Lipinski definition) is 4. The molecule has 1 fully saturated rings. The van der Waals surface area contributed by atoms with Crippen LogP contribution in [0.5, 0.6) is 0 Å². The molecule has 1 aromatic rings. The SMILES string of the molecule is COC(=O)c1ccccc1CN(C)CCOCC1CC1. The van der Waals surface area contributed by atoms with E-state index in [1.165, 1.54) is 20.0 Å². The number of nitrogens with zero attached hydrogens (tertiary/aromatic N) is 1. The van der Waals surface area contributed by atoms with Crippen LogP contribution >= 0.6 is 0 Å². The number of hydrogen-bond donors (Lipinski definition) is 0. The molecule has 0 saturated heterocycles. The summed E-state index contributed by atoms with van der Waals surface area (Å²) in [5.41, 5.74) is 1.63. The summed E-state index contributed by atoms with van der Waals surface area (Å²) in [6, 6.07) is 7.57. The van der Waals surface area contributed by atoms with Crippen molar-refractivity contribution in [2.45, 2.75) is 19.4 Å². The highest BCUT2D eigenvalue weighted by Crippen LogP contribution is 2.28. The summed E-state index contributed by atoms with van der Waals surface area (Å²) in [5, 5.41) is 0. The minimum atomic E-state index is -0.279. The lowest BCUT2D eigenvalue weighted by atomic mass is 10.1. The first kappa shape index (κ1) is 15.0. The van der Waals surface area contributed by atoms with Gasteiger partial charge in [0.25, 0.3) is 0 Å². The van der Waals surface area contributed by atoms with Crippen molar-refractivity contribution in [1.82, 2.24) is 4.90 Å². The Balaban J connectivity index is 1.80. The van der Waals surface area contributed by atoms with E-state index < -0.39 is 0 Å². The fraction of sp³-hybridized carbons (Fsp3) is 0.562. The van der Waals surface area contributed by atoms with E-state index in [0.29, 0.717) is 5.56 Å².